The van der Waals surface area contributed by atoms with Gasteiger partial charge in [0.05, 0.1) is 0 Å². The third kappa shape index (κ3) is 5.04. The summed E-state index contributed by atoms with van der Waals surface area (Å²) < 4.78 is 0. The van der Waals surface area contributed by atoms with E-state index in [0.717, 1.165) is 34.1 Å². The van der Waals surface area contributed by atoms with Gasteiger partial charge in [0, 0.05) is 34.1 Å². The van der Waals surface area contributed by atoms with Crippen molar-refractivity contribution in [3.8, 4) is 0 Å². The quantitative estimate of drug-likeness (QED) is 0.245. The fraction of sp³-hybridized carbons (Fsp3) is 0.118. The molecule has 0 amide bonds. The van der Waals surface area contributed by atoms with E-state index in [1.165, 1.54) is 5.56 Å². The number of hydrogen-bond acceptors (Lipinski definition) is 2. The standard InChI is InChI=1S/C34H32N2/c1-34(2,3)27-19-21-31(22-20-27)36(30-17-11-6-12-18-30)33-25-23-32(24-26-33)35(28-13-7-4-8-14-28)29-15-9-5-10-16-29/h4-26H,1-3H3. The molecule has 5 aromatic rings. The number of hydrogen-bond donors (Lipinski definition) is 0. The van der Waals surface area contributed by atoms with E-state index >= 15 is 0 Å². The molecule has 5 rings (SSSR count). The van der Waals surface area contributed by atoms with Gasteiger partial charge in [-0.1, -0.05) is 87.5 Å². The summed E-state index contributed by atoms with van der Waals surface area (Å²) in [6.07, 6.45) is 0. The molecule has 36 heavy (non-hydrogen) atoms. The van der Waals surface area contributed by atoms with Crippen LogP contribution in [0.3, 0.4) is 0 Å². The van der Waals surface area contributed by atoms with E-state index in [-0.39, 0.29) is 5.41 Å². The average Bonchev–Trinajstić information content (AvgIpc) is 2.92. The Balaban J connectivity index is 1.55. The van der Waals surface area contributed by atoms with E-state index in [9.17, 15) is 0 Å². The van der Waals surface area contributed by atoms with Crippen LogP contribution in [-0.2, 0) is 5.41 Å². The molecule has 0 heterocycles. The fourth-order valence-electron chi connectivity index (χ4n) is 4.49. The van der Waals surface area contributed by atoms with Gasteiger partial charge in [-0.05, 0) is 83.8 Å². The van der Waals surface area contributed by atoms with Crippen LogP contribution in [0.2, 0.25) is 0 Å². The molecule has 0 saturated carbocycles. The van der Waals surface area contributed by atoms with Gasteiger partial charge in [-0.2, -0.15) is 0 Å². The summed E-state index contributed by atoms with van der Waals surface area (Å²) in [6.45, 7) is 6.75. The normalized spacial score (nSPS) is 11.2. The molecule has 0 bridgehead atoms. The van der Waals surface area contributed by atoms with Crippen molar-refractivity contribution in [1.29, 1.82) is 0 Å². The lowest BCUT2D eigenvalue weighted by Gasteiger charge is -2.29. The van der Waals surface area contributed by atoms with Gasteiger partial charge in [-0.3, -0.25) is 0 Å². The maximum absolute atomic E-state index is 2.31. The Kier molecular flexibility index (Phi) is 6.60. The van der Waals surface area contributed by atoms with Crippen molar-refractivity contribution in [2.45, 2.75) is 26.2 Å². The number of rotatable bonds is 6. The molecule has 178 valence electrons. The summed E-state index contributed by atoms with van der Waals surface area (Å²) in [4.78, 5) is 4.60. The molecule has 0 radical (unpaired) electrons. The zero-order valence-electron chi connectivity index (χ0n) is 21.2. The van der Waals surface area contributed by atoms with E-state index in [0.29, 0.717) is 0 Å². The highest BCUT2D eigenvalue weighted by Crippen LogP contribution is 2.39. The summed E-state index contributed by atoms with van der Waals surface area (Å²) in [6, 6.07) is 49.3. The Morgan fingerprint density at radius 2 is 0.583 bits per heavy atom. The molecular weight excluding hydrogens is 436 g/mol. The Bertz CT molecular complexity index is 1330. The molecule has 0 N–H and O–H groups in total. The smallest absolute Gasteiger partial charge is 0.0463 e. The van der Waals surface area contributed by atoms with Crippen molar-refractivity contribution in [2.24, 2.45) is 0 Å². The second-order valence-corrected chi connectivity index (χ2v) is 9.99. The summed E-state index contributed by atoms with van der Waals surface area (Å²) in [5.41, 5.74) is 8.23. The molecule has 0 aliphatic heterocycles. The first-order chi connectivity index (χ1) is 17.5. The summed E-state index contributed by atoms with van der Waals surface area (Å²) in [5, 5.41) is 0. The second-order valence-electron chi connectivity index (χ2n) is 9.99. The Hall–Kier alpha value is -4.30. The summed E-state index contributed by atoms with van der Waals surface area (Å²) >= 11 is 0. The van der Waals surface area contributed by atoms with Crippen LogP contribution < -0.4 is 9.80 Å². The maximum atomic E-state index is 2.31. The van der Waals surface area contributed by atoms with Crippen molar-refractivity contribution < 1.29 is 0 Å². The van der Waals surface area contributed by atoms with Crippen molar-refractivity contribution in [3.05, 3.63) is 145 Å². The van der Waals surface area contributed by atoms with Crippen molar-refractivity contribution in [3.63, 3.8) is 0 Å². The van der Waals surface area contributed by atoms with Gasteiger partial charge in [0.15, 0.2) is 0 Å². The van der Waals surface area contributed by atoms with Crippen LogP contribution in [0.1, 0.15) is 26.3 Å². The third-order valence-corrected chi connectivity index (χ3v) is 6.40. The number of para-hydroxylation sites is 3. The van der Waals surface area contributed by atoms with E-state index in [1.807, 2.05) is 0 Å². The lowest BCUT2D eigenvalue weighted by molar-refractivity contribution is 0.590. The van der Waals surface area contributed by atoms with Crippen LogP contribution in [0.4, 0.5) is 34.1 Å². The van der Waals surface area contributed by atoms with Crippen LogP contribution in [0, 0.1) is 0 Å². The number of anilines is 6. The highest BCUT2D eigenvalue weighted by Gasteiger charge is 2.17. The first-order valence-corrected chi connectivity index (χ1v) is 12.5. The van der Waals surface area contributed by atoms with Crippen molar-refractivity contribution >= 4 is 34.1 Å². The van der Waals surface area contributed by atoms with Crippen LogP contribution in [0.15, 0.2) is 140 Å². The molecule has 0 aromatic heterocycles. The minimum absolute atomic E-state index is 0.121. The van der Waals surface area contributed by atoms with Crippen molar-refractivity contribution in [2.75, 3.05) is 9.80 Å². The molecule has 5 aromatic carbocycles. The largest absolute Gasteiger partial charge is 0.311 e. The van der Waals surface area contributed by atoms with E-state index < -0.39 is 0 Å². The Morgan fingerprint density at radius 1 is 0.333 bits per heavy atom. The number of nitrogens with zero attached hydrogens (tertiary/aromatic N) is 2. The molecule has 0 atom stereocenters. The highest BCUT2D eigenvalue weighted by atomic mass is 15.2. The molecule has 0 aliphatic carbocycles. The van der Waals surface area contributed by atoms with Crippen LogP contribution in [0.25, 0.3) is 0 Å². The van der Waals surface area contributed by atoms with Crippen LogP contribution in [0.5, 0.6) is 0 Å². The van der Waals surface area contributed by atoms with Gasteiger partial charge in [0.2, 0.25) is 0 Å². The molecule has 0 fully saturated rings. The van der Waals surface area contributed by atoms with Gasteiger partial charge in [-0.15, -0.1) is 0 Å². The van der Waals surface area contributed by atoms with E-state index in [2.05, 4.69) is 170 Å². The highest BCUT2D eigenvalue weighted by molar-refractivity contribution is 5.81. The van der Waals surface area contributed by atoms with E-state index in [1.54, 1.807) is 0 Å². The van der Waals surface area contributed by atoms with Gasteiger partial charge in [-0.25, -0.2) is 0 Å². The predicted octanol–water partition coefficient (Wildman–Crippen LogP) is 9.92. The minimum Gasteiger partial charge on any atom is -0.311 e. The van der Waals surface area contributed by atoms with Gasteiger partial charge < -0.3 is 9.80 Å². The molecule has 2 heteroatoms. The Labute approximate surface area is 215 Å². The van der Waals surface area contributed by atoms with Gasteiger partial charge >= 0.3 is 0 Å². The zero-order chi connectivity index (χ0) is 25.0. The summed E-state index contributed by atoms with van der Waals surface area (Å²) in [7, 11) is 0. The monoisotopic (exact) mass is 468 g/mol. The van der Waals surface area contributed by atoms with Gasteiger partial charge in [0.25, 0.3) is 0 Å². The molecule has 0 saturated heterocycles. The summed E-state index contributed by atoms with van der Waals surface area (Å²) in [5.74, 6) is 0. The molecule has 0 spiro atoms. The Morgan fingerprint density at radius 3 is 0.861 bits per heavy atom. The first kappa shape index (κ1) is 23.4. The van der Waals surface area contributed by atoms with E-state index in [4.69, 9.17) is 0 Å². The average molecular weight is 469 g/mol. The predicted molar refractivity (Wildman–Crippen MR) is 155 cm³/mol. The second kappa shape index (κ2) is 10.1. The van der Waals surface area contributed by atoms with Crippen LogP contribution >= 0.6 is 0 Å². The fourth-order valence-corrected chi connectivity index (χ4v) is 4.49. The molecule has 2 nitrogen and oxygen atoms in total. The minimum atomic E-state index is 0.121. The molecule has 0 unspecified atom stereocenters. The topological polar surface area (TPSA) is 6.48 Å². The lowest BCUT2D eigenvalue weighted by Crippen LogP contribution is -2.13. The van der Waals surface area contributed by atoms with Gasteiger partial charge in [0.1, 0.15) is 0 Å². The lowest BCUT2D eigenvalue weighted by atomic mass is 9.87. The SMILES string of the molecule is CC(C)(C)c1ccc(N(c2ccccc2)c2ccc(N(c3ccccc3)c3ccccc3)cc2)cc1. The maximum Gasteiger partial charge on any atom is 0.0463 e. The molecule has 0 aliphatic rings. The third-order valence-electron chi connectivity index (χ3n) is 6.40. The zero-order valence-corrected chi connectivity index (χ0v) is 21.2. The van der Waals surface area contributed by atoms with Crippen LogP contribution in [-0.4, -0.2) is 0 Å². The molecular formula is C34H32N2. The van der Waals surface area contributed by atoms with Crippen molar-refractivity contribution in [1.82, 2.24) is 0 Å². The number of benzene rings is 5. The first-order valence-electron chi connectivity index (χ1n) is 12.5.